The van der Waals surface area contributed by atoms with Crippen LogP contribution < -0.4 is 5.73 Å². The first-order valence-electron chi connectivity index (χ1n) is 6.31. The lowest BCUT2D eigenvalue weighted by Gasteiger charge is -2.28. The average molecular weight is 378 g/mol. The summed E-state index contributed by atoms with van der Waals surface area (Å²) >= 11 is 7.04. The van der Waals surface area contributed by atoms with Gasteiger partial charge in [0.25, 0.3) is 0 Å². The van der Waals surface area contributed by atoms with Gasteiger partial charge in [0.2, 0.25) is 0 Å². The van der Waals surface area contributed by atoms with E-state index in [1.807, 2.05) is 0 Å². The van der Waals surface area contributed by atoms with Crippen LogP contribution in [0, 0.1) is 5.92 Å². The fraction of sp³-hybridized carbons (Fsp3) is 0.571. The Kier molecular flexibility index (Phi) is 6.85. The van der Waals surface area contributed by atoms with Gasteiger partial charge in [0.1, 0.15) is 0 Å². The molecular formula is C14H22Br2N2. The Morgan fingerprint density at radius 3 is 2.39 bits per heavy atom. The summed E-state index contributed by atoms with van der Waals surface area (Å²) < 4.78 is 2.16. The molecule has 1 rings (SSSR count). The summed E-state index contributed by atoms with van der Waals surface area (Å²) in [4.78, 5) is 2.34. The molecule has 0 saturated heterocycles. The molecule has 4 heteroatoms. The highest BCUT2D eigenvalue weighted by Crippen LogP contribution is 2.28. The minimum absolute atomic E-state index is 0.285. The fourth-order valence-electron chi connectivity index (χ4n) is 1.91. The van der Waals surface area contributed by atoms with Gasteiger partial charge < -0.3 is 5.73 Å². The minimum atomic E-state index is 0.285. The minimum Gasteiger partial charge on any atom is -0.329 e. The maximum Gasteiger partial charge on any atom is 0.0467 e. The molecule has 0 spiro atoms. The Hall–Kier alpha value is 0.1000. The molecule has 0 bridgehead atoms. The molecule has 102 valence electrons. The molecule has 1 unspecified atom stereocenters. The standard InChI is InChI=1S/C14H22Br2N2/c1-10(2)6-7-18(3)14(9-17)11-4-5-12(15)13(16)8-11/h4-5,8,10,14H,6-7,9,17H2,1-3H3. The number of hydrogen-bond donors (Lipinski definition) is 1. The summed E-state index contributed by atoms with van der Waals surface area (Å²) in [6.45, 7) is 6.22. The predicted molar refractivity (Wildman–Crippen MR) is 85.7 cm³/mol. The first kappa shape index (κ1) is 16.2. The summed E-state index contributed by atoms with van der Waals surface area (Å²) in [7, 11) is 2.15. The molecule has 0 saturated carbocycles. The number of hydrogen-bond acceptors (Lipinski definition) is 2. The van der Waals surface area contributed by atoms with Crippen LogP contribution in [-0.4, -0.2) is 25.0 Å². The van der Waals surface area contributed by atoms with Crippen LogP contribution in [0.5, 0.6) is 0 Å². The maximum absolute atomic E-state index is 5.93. The number of nitrogens with zero attached hydrogens (tertiary/aromatic N) is 1. The van der Waals surface area contributed by atoms with Gasteiger partial charge in [-0.2, -0.15) is 0 Å². The van der Waals surface area contributed by atoms with Gasteiger partial charge in [0, 0.05) is 21.5 Å². The van der Waals surface area contributed by atoms with Gasteiger partial charge >= 0.3 is 0 Å². The Morgan fingerprint density at radius 2 is 1.89 bits per heavy atom. The summed E-state index contributed by atoms with van der Waals surface area (Å²) in [5.41, 5.74) is 7.19. The van der Waals surface area contributed by atoms with Gasteiger partial charge in [-0.3, -0.25) is 4.90 Å². The van der Waals surface area contributed by atoms with E-state index in [4.69, 9.17) is 5.73 Å². The van der Waals surface area contributed by atoms with E-state index in [1.54, 1.807) is 0 Å². The van der Waals surface area contributed by atoms with Crippen LogP contribution in [0.4, 0.5) is 0 Å². The number of nitrogens with two attached hydrogens (primary N) is 1. The van der Waals surface area contributed by atoms with E-state index < -0.39 is 0 Å². The van der Waals surface area contributed by atoms with Crippen LogP contribution in [0.15, 0.2) is 27.1 Å². The van der Waals surface area contributed by atoms with Crippen LogP contribution in [-0.2, 0) is 0 Å². The molecule has 0 fully saturated rings. The highest BCUT2D eigenvalue weighted by Gasteiger charge is 2.16. The Morgan fingerprint density at radius 1 is 1.22 bits per heavy atom. The Balaban J connectivity index is 2.78. The van der Waals surface area contributed by atoms with Gasteiger partial charge in [0.15, 0.2) is 0 Å². The fourth-order valence-corrected chi connectivity index (χ4v) is 2.55. The van der Waals surface area contributed by atoms with E-state index >= 15 is 0 Å². The maximum atomic E-state index is 5.93. The number of halogens is 2. The molecule has 1 aromatic carbocycles. The average Bonchev–Trinajstić information content (AvgIpc) is 2.32. The molecule has 0 heterocycles. The lowest BCUT2D eigenvalue weighted by Crippen LogP contribution is -2.31. The van der Waals surface area contributed by atoms with Crippen molar-refractivity contribution in [1.82, 2.24) is 4.90 Å². The highest BCUT2D eigenvalue weighted by molar-refractivity contribution is 9.13. The number of likely N-dealkylation sites (N-methyl/N-ethyl adjacent to an activating group) is 1. The molecule has 2 N–H and O–H groups in total. The number of benzene rings is 1. The van der Waals surface area contributed by atoms with Crippen molar-refractivity contribution >= 4 is 31.9 Å². The van der Waals surface area contributed by atoms with Gasteiger partial charge in [-0.05, 0) is 75.5 Å². The Labute approximate surface area is 127 Å². The van der Waals surface area contributed by atoms with Gasteiger partial charge in [-0.15, -0.1) is 0 Å². The second-order valence-corrected chi connectivity index (χ2v) is 6.80. The SMILES string of the molecule is CC(C)CCN(C)C(CN)c1ccc(Br)c(Br)c1. The van der Waals surface area contributed by atoms with Crippen molar-refractivity contribution in [3.8, 4) is 0 Å². The van der Waals surface area contributed by atoms with Gasteiger partial charge in [-0.1, -0.05) is 19.9 Å². The zero-order chi connectivity index (χ0) is 13.7. The smallest absolute Gasteiger partial charge is 0.0467 e. The third-order valence-corrected chi connectivity index (χ3v) is 5.02. The molecule has 0 aliphatic heterocycles. The van der Waals surface area contributed by atoms with Crippen LogP contribution in [0.3, 0.4) is 0 Å². The summed E-state index contributed by atoms with van der Waals surface area (Å²) in [6, 6.07) is 6.64. The highest BCUT2D eigenvalue weighted by atomic mass is 79.9. The van der Waals surface area contributed by atoms with E-state index in [1.165, 1.54) is 12.0 Å². The van der Waals surface area contributed by atoms with Gasteiger partial charge in [0.05, 0.1) is 0 Å². The topological polar surface area (TPSA) is 29.3 Å². The van der Waals surface area contributed by atoms with Crippen LogP contribution in [0.25, 0.3) is 0 Å². The van der Waals surface area contributed by atoms with E-state index in [9.17, 15) is 0 Å². The third kappa shape index (κ3) is 4.65. The molecule has 1 aromatic rings. The van der Waals surface area contributed by atoms with Crippen LogP contribution in [0.1, 0.15) is 31.9 Å². The van der Waals surface area contributed by atoms with E-state index in [2.05, 4.69) is 75.9 Å². The molecule has 0 aromatic heterocycles. The Bertz CT molecular complexity index is 380. The summed E-state index contributed by atoms with van der Waals surface area (Å²) in [6.07, 6.45) is 1.20. The number of rotatable bonds is 6. The quantitative estimate of drug-likeness (QED) is 0.805. The zero-order valence-electron chi connectivity index (χ0n) is 11.3. The van der Waals surface area contributed by atoms with E-state index in [-0.39, 0.29) is 6.04 Å². The summed E-state index contributed by atoms with van der Waals surface area (Å²) in [5, 5.41) is 0. The first-order chi connectivity index (χ1) is 8.45. The first-order valence-corrected chi connectivity index (χ1v) is 7.89. The normalized spacial score (nSPS) is 13.3. The van der Waals surface area contributed by atoms with Crippen molar-refractivity contribution in [2.24, 2.45) is 11.7 Å². The van der Waals surface area contributed by atoms with Crippen molar-refractivity contribution < 1.29 is 0 Å². The van der Waals surface area contributed by atoms with Crippen molar-refractivity contribution in [2.45, 2.75) is 26.3 Å². The van der Waals surface area contributed by atoms with E-state index in [0.29, 0.717) is 6.54 Å². The molecule has 0 amide bonds. The molecule has 18 heavy (non-hydrogen) atoms. The molecule has 2 nitrogen and oxygen atoms in total. The molecule has 1 atom stereocenters. The zero-order valence-corrected chi connectivity index (χ0v) is 14.5. The van der Waals surface area contributed by atoms with E-state index in [0.717, 1.165) is 21.4 Å². The largest absolute Gasteiger partial charge is 0.329 e. The van der Waals surface area contributed by atoms with Crippen molar-refractivity contribution in [3.63, 3.8) is 0 Å². The van der Waals surface area contributed by atoms with Crippen LogP contribution in [0.2, 0.25) is 0 Å². The lowest BCUT2D eigenvalue weighted by molar-refractivity contribution is 0.236. The second kappa shape index (κ2) is 7.63. The predicted octanol–water partition coefficient (Wildman–Crippen LogP) is 4.19. The lowest BCUT2D eigenvalue weighted by atomic mass is 10.0. The molecule has 0 aliphatic carbocycles. The van der Waals surface area contributed by atoms with Crippen LogP contribution >= 0.6 is 31.9 Å². The van der Waals surface area contributed by atoms with Crippen molar-refractivity contribution in [1.29, 1.82) is 0 Å². The third-order valence-electron chi connectivity index (χ3n) is 3.14. The monoisotopic (exact) mass is 376 g/mol. The summed E-state index contributed by atoms with van der Waals surface area (Å²) in [5.74, 6) is 0.725. The van der Waals surface area contributed by atoms with Gasteiger partial charge in [-0.25, -0.2) is 0 Å². The van der Waals surface area contributed by atoms with Crippen molar-refractivity contribution in [3.05, 3.63) is 32.7 Å². The second-order valence-electron chi connectivity index (χ2n) is 5.09. The molecule has 0 radical (unpaired) electrons. The molecule has 0 aliphatic rings. The van der Waals surface area contributed by atoms with Crippen molar-refractivity contribution in [2.75, 3.05) is 20.1 Å². The molecular weight excluding hydrogens is 356 g/mol.